The second kappa shape index (κ2) is 6.54. The van der Waals surface area contributed by atoms with Crippen molar-refractivity contribution in [3.8, 4) is 5.75 Å². The number of hydrogen-bond acceptors (Lipinski definition) is 4. The van der Waals surface area contributed by atoms with E-state index in [1.54, 1.807) is 12.3 Å². The molecule has 0 radical (unpaired) electrons. The largest absolute Gasteiger partial charge is 0.487 e. The third-order valence-electron chi connectivity index (χ3n) is 3.48. The number of rotatable bonds is 4. The van der Waals surface area contributed by atoms with E-state index in [0.717, 1.165) is 37.4 Å². The van der Waals surface area contributed by atoms with E-state index in [2.05, 4.69) is 15.2 Å². The smallest absolute Gasteiger partial charge is 0.140 e. The Morgan fingerprint density at radius 2 is 2.05 bits per heavy atom. The molecule has 1 N–H and O–H groups in total. The zero-order chi connectivity index (χ0) is 14.5. The van der Waals surface area contributed by atoms with Gasteiger partial charge < -0.3 is 15.0 Å². The highest BCUT2D eigenvalue weighted by Crippen LogP contribution is 2.20. The molecular weight excluding hydrogens is 269 g/mol. The molecule has 2 heterocycles. The van der Waals surface area contributed by atoms with Gasteiger partial charge in [-0.2, -0.15) is 0 Å². The number of benzene rings is 1. The van der Waals surface area contributed by atoms with Crippen LogP contribution >= 0.6 is 0 Å². The van der Waals surface area contributed by atoms with Crippen molar-refractivity contribution in [2.45, 2.75) is 6.61 Å². The Hall–Kier alpha value is -2.14. The molecule has 0 aliphatic carbocycles. The third-order valence-corrected chi connectivity index (χ3v) is 3.48. The highest BCUT2D eigenvalue weighted by Gasteiger charge is 2.11. The Bertz CT molecular complexity index is 600. The lowest BCUT2D eigenvalue weighted by molar-refractivity contribution is 0.304. The van der Waals surface area contributed by atoms with E-state index < -0.39 is 0 Å². The predicted molar refractivity (Wildman–Crippen MR) is 80.1 cm³/mol. The average Bonchev–Trinajstić information content (AvgIpc) is 2.54. The Morgan fingerprint density at radius 1 is 1.19 bits per heavy atom. The van der Waals surface area contributed by atoms with Crippen LogP contribution in [-0.2, 0) is 6.61 Å². The van der Waals surface area contributed by atoms with Crippen molar-refractivity contribution in [1.82, 2.24) is 10.3 Å². The van der Waals surface area contributed by atoms with Crippen LogP contribution in [0.4, 0.5) is 10.1 Å². The lowest BCUT2D eigenvalue weighted by atomic mass is 10.2. The molecule has 2 aromatic rings. The normalized spacial score (nSPS) is 15.0. The fourth-order valence-electron chi connectivity index (χ4n) is 2.38. The van der Waals surface area contributed by atoms with Crippen molar-refractivity contribution >= 4 is 5.69 Å². The molecule has 1 aliphatic heterocycles. The zero-order valence-electron chi connectivity index (χ0n) is 11.8. The van der Waals surface area contributed by atoms with Gasteiger partial charge in [0.2, 0.25) is 0 Å². The number of nitrogens with zero attached hydrogens (tertiary/aromatic N) is 2. The van der Waals surface area contributed by atoms with Crippen LogP contribution in [0.1, 0.15) is 5.56 Å². The van der Waals surface area contributed by atoms with Gasteiger partial charge in [0.15, 0.2) is 0 Å². The summed E-state index contributed by atoms with van der Waals surface area (Å²) in [6.45, 7) is 4.23. The van der Waals surface area contributed by atoms with Crippen LogP contribution < -0.4 is 15.0 Å². The predicted octanol–water partition coefficient (Wildman–Crippen LogP) is 2.21. The number of halogens is 1. The SMILES string of the molecule is Fc1cccc(COc2cncc(N3CCNCC3)c2)c1. The molecule has 0 saturated carbocycles. The number of hydrogen-bond donors (Lipinski definition) is 1. The summed E-state index contributed by atoms with van der Waals surface area (Å²) < 4.78 is 18.8. The molecule has 21 heavy (non-hydrogen) atoms. The minimum atomic E-state index is -0.246. The molecule has 5 heteroatoms. The lowest BCUT2D eigenvalue weighted by Gasteiger charge is -2.29. The summed E-state index contributed by atoms with van der Waals surface area (Å²) in [7, 11) is 0. The van der Waals surface area contributed by atoms with E-state index in [-0.39, 0.29) is 5.82 Å². The maximum absolute atomic E-state index is 13.1. The number of ether oxygens (including phenoxy) is 1. The molecule has 0 unspecified atom stereocenters. The van der Waals surface area contributed by atoms with Gasteiger partial charge in [-0.05, 0) is 17.7 Å². The maximum atomic E-state index is 13.1. The van der Waals surface area contributed by atoms with Gasteiger partial charge in [0.25, 0.3) is 0 Å². The van der Waals surface area contributed by atoms with Crippen molar-refractivity contribution in [2.75, 3.05) is 31.1 Å². The molecule has 1 fully saturated rings. The summed E-state index contributed by atoms with van der Waals surface area (Å²) >= 11 is 0. The van der Waals surface area contributed by atoms with Crippen LogP contribution in [0.2, 0.25) is 0 Å². The fraction of sp³-hybridized carbons (Fsp3) is 0.312. The molecule has 0 atom stereocenters. The topological polar surface area (TPSA) is 37.4 Å². The Labute approximate surface area is 123 Å². The van der Waals surface area contributed by atoms with Crippen molar-refractivity contribution in [2.24, 2.45) is 0 Å². The number of nitrogens with one attached hydrogen (secondary N) is 1. The maximum Gasteiger partial charge on any atom is 0.140 e. The zero-order valence-corrected chi connectivity index (χ0v) is 11.8. The average molecular weight is 287 g/mol. The van der Waals surface area contributed by atoms with Gasteiger partial charge >= 0.3 is 0 Å². The molecule has 110 valence electrons. The highest BCUT2D eigenvalue weighted by atomic mass is 19.1. The molecule has 1 saturated heterocycles. The molecule has 0 bridgehead atoms. The van der Waals surface area contributed by atoms with E-state index in [9.17, 15) is 4.39 Å². The lowest BCUT2D eigenvalue weighted by Crippen LogP contribution is -2.43. The van der Waals surface area contributed by atoms with E-state index in [0.29, 0.717) is 12.4 Å². The summed E-state index contributed by atoms with van der Waals surface area (Å²) in [6, 6.07) is 8.42. The molecule has 4 nitrogen and oxygen atoms in total. The van der Waals surface area contributed by atoms with E-state index in [1.807, 2.05) is 18.3 Å². The second-order valence-electron chi connectivity index (χ2n) is 5.03. The van der Waals surface area contributed by atoms with E-state index in [4.69, 9.17) is 4.74 Å². The fourth-order valence-corrected chi connectivity index (χ4v) is 2.38. The molecule has 1 aliphatic rings. The van der Waals surface area contributed by atoms with Gasteiger partial charge in [0, 0.05) is 32.2 Å². The van der Waals surface area contributed by atoms with Gasteiger partial charge in [0.05, 0.1) is 18.1 Å². The molecule has 3 rings (SSSR count). The monoisotopic (exact) mass is 287 g/mol. The Balaban J connectivity index is 1.65. The van der Waals surface area contributed by atoms with E-state index >= 15 is 0 Å². The van der Waals surface area contributed by atoms with Crippen LogP contribution in [0.25, 0.3) is 0 Å². The minimum absolute atomic E-state index is 0.246. The first-order valence-corrected chi connectivity index (χ1v) is 7.09. The molecule has 0 amide bonds. The number of pyridine rings is 1. The summed E-state index contributed by atoms with van der Waals surface area (Å²) in [5.41, 5.74) is 1.87. The first-order chi connectivity index (χ1) is 10.3. The number of anilines is 1. The van der Waals surface area contributed by atoms with Crippen LogP contribution in [0.3, 0.4) is 0 Å². The molecule has 1 aromatic carbocycles. The van der Waals surface area contributed by atoms with E-state index in [1.165, 1.54) is 12.1 Å². The highest BCUT2D eigenvalue weighted by molar-refractivity contribution is 5.48. The third kappa shape index (κ3) is 3.70. The van der Waals surface area contributed by atoms with Crippen molar-refractivity contribution in [3.63, 3.8) is 0 Å². The van der Waals surface area contributed by atoms with Gasteiger partial charge in [-0.3, -0.25) is 4.98 Å². The van der Waals surface area contributed by atoms with Crippen molar-refractivity contribution in [3.05, 3.63) is 54.1 Å². The number of piperazine rings is 1. The standard InChI is InChI=1S/C16H18FN3O/c17-14-3-1-2-13(8-14)12-21-16-9-15(10-19-11-16)20-6-4-18-5-7-20/h1-3,8-11,18H,4-7,12H2. The van der Waals surface area contributed by atoms with Crippen LogP contribution in [-0.4, -0.2) is 31.2 Å². The van der Waals surface area contributed by atoms with Crippen LogP contribution in [0.5, 0.6) is 5.75 Å². The summed E-state index contributed by atoms with van der Waals surface area (Å²) in [4.78, 5) is 6.50. The van der Waals surface area contributed by atoms with Crippen molar-refractivity contribution in [1.29, 1.82) is 0 Å². The van der Waals surface area contributed by atoms with Crippen molar-refractivity contribution < 1.29 is 9.13 Å². The quantitative estimate of drug-likeness (QED) is 0.935. The van der Waals surface area contributed by atoms with Gasteiger partial charge in [0.1, 0.15) is 18.2 Å². The minimum Gasteiger partial charge on any atom is -0.487 e. The van der Waals surface area contributed by atoms with Crippen LogP contribution in [0.15, 0.2) is 42.7 Å². The first kappa shape index (κ1) is 13.8. The van der Waals surface area contributed by atoms with Gasteiger partial charge in [-0.1, -0.05) is 12.1 Å². The van der Waals surface area contributed by atoms with Gasteiger partial charge in [-0.25, -0.2) is 4.39 Å². The Morgan fingerprint density at radius 3 is 2.86 bits per heavy atom. The second-order valence-corrected chi connectivity index (χ2v) is 5.03. The van der Waals surface area contributed by atoms with Crippen LogP contribution in [0, 0.1) is 5.82 Å². The van der Waals surface area contributed by atoms with Gasteiger partial charge in [-0.15, -0.1) is 0 Å². The summed E-state index contributed by atoms with van der Waals surface area (Å²) in [5, 5.41) is 3.32. The summed E-state index contributed by atoms with van der Waals surface area (Å²) in [6.07, 6.45) is 3.53. The number of aromatic nitrogens is 1. The molecular formula is C16H18FN3O. The molecule has 1 aromatic heterocycles. The summed E-state index contributed by atoms with van der Waals surface area (Å²) in [5.74, 6) is 0.457. The first-order valence-electron chi connectivity index (χ1n) is 7.09. The molecule has 0 spiro atoms. The Kier molecular flexibility index (Phi) is 4.31.